The van der Waals surface area contributed by atoms with E-state index in [1.54, 1.807) is 11.3 Å². The summed E-state index contributed by atoms with van der Waals surface area (Å²) in [5.74, 6) is 1.69. The van der Waals surface area contributed by atoms with E-state index < -0.39 is 0 Å². The Morgan fingerprint density at radius 3 is 2.92 bits per heavy atom. The van der Waals surface area contributed by atoms with E-state index in [9.17, 15) is 4.79 Å². The molecule has 0 aromatic carbocycles. The van der Waals surface area contributed by atoms with Crippen LogP contribution in [0.1, 0.15) is 29.6 Å². The Hall–Kier alpha value is -2.06. The quantitative estimate of drug-likeness (QED) is 0.893. The zero-order valence-electron chi connectivity index (χ0n) is 14.1. The number of nitrogens with zero attached hydrogens (tertiary/aromatic N) is 4. The highest BCUT2D eigenvalue weighted by Crippen LogP contribution is 2.27. The Labute approximate surface area is 145 Å². The fraction of sp³-hybridized carbons (Fsp3) is 0.500. The van der Waals surface area contributed by atoms with Crippen LogP contribution in [0.25, 0.3) is 0 Å². The van der Waals surface area contributed by atoms with Crippen LogP contribution in [-0.4, -0.2) is 52.6 Å². The Bertz CT molecular complexity index is 733. The van der Waals surface area contributed by atoms with Crippen molar-refractivity contribution in [2.24, 2.45) is 0 Å². The standard InChI is InChI=1S/C16H21N5O2S/c1-10-6-13(20-16-18-11(2)9-24-16)19-15(17-10)12-4-5-21(7-12)14(22)8-23-3/h6,9,12H,4-5,7-8H2,1-3H3,(H,17,18,19,20)/t12-/m1/s1. The highest BCUT2D eigenvalue weighted by atomic mass is 32.1. The highest BCUT2D eigenvalue weighted by Gasteiger charge is 2.29. The maximum Gasteiger partial charge on any atom is 0.248 e. The molecule has 7 nitrogen and oxygen atoms in total. The summed E-state index contributed by atoms with van der Waals surface area (Å²) < 4.78 is 4.93. The number of rotatable bonds is 5. The summed E-state index contributed by atoms with van der Waals surface area (Å²) in [6.07, 6.45) is 0.870. The number of likely N-dealkylation sites (tertiary alicyclic amines) is 1. The number of hydrogen-bond acceptors (Lipinski definition) is 7. The Morgan fingerprint density at radius 2 is 2.21 bits per heavy atom. The summed E-state index contributed by atoms with van der Waals surface area (Å²) in [4.78, 5) is 27.4. The van der Waals surface area contributed by atoms with Gasteiger partial charge in [-0.15, -0.1) is 11.3 Å². The van der Waals surface area contributed by atoms with Crippen LogP contribution in [0.2, 0.25) is 0 Å². The third kappa shape index (κ3) is 3.88. The smallest absolute Gasteiger partial charge is 0.248 e. The van der Waals surface area contributed by atoms with Crippen molar-refractivity contribution in [2.75, 3.05) is 32.1 Å². The van der Waals surface area contributed by atoms with Gasteiger partial charge in [0.2, 0.25) is 5.91 Å². The van der Waals surface area contributed by atoms with Crippen LogP contribution >= 0.6 is 11.3 Å². The maximum atomic E-state index is 11.9. The van der Waals surface area contributed by atoms with Crippen LogP contribution in [0.5, 0.6) is 0 Å². The summed E-state index contributed by atoms with van der Waals surface area (Å²) in [5.41, 5.74) is 1.88. The molecule has 1 aliphatic rings. The van der Waals surface area contributed by atoms with Crippen molar-refractivity contribution in [3.05, 3.63) is 28.7 Å². The number of nitrogens with one attached hydrogen (secondary N) is 1. The summed E-state index contributed by atoms with van der Waals surface area (Å²) >= 11 is 1.55. The van der Waals surface area contributed by atoms with Crippen molar-refractivity contribution in [1.29, 1.82) is 0 Å². The van der Waals surface area contributed by atoms with E-state index in [4.69, 9.17) is 4.74 Å². The van der Waals surface area contributed by atoms with Crippen LogP contribution in [-0.2, 0) is 9.53 Å². The van der Waals surface area contributed by atoms with Gasteiger partial charge in [0.1, 0.15) is 18.2 Å². The van der Waals surface area contributed by atoms with Gasteiger partial charge >= 0.3 is 0 Å². The lowest BCUT2D eigenvalue weighted by Gasteiger charge is -2.16. The average Bonchev–Trinajstić information content (AvgIpc) is 3.16. The molecule has 0 radical (unpaired) electrons. The largest absolute Gasteiger partial charge is 0.375 e. The molecule has 8 heteroatoms. The lowest BCUT2D eigenvalue weighted by Crippen LogP contribution is -2.31. The molecule has 3 rings (SSSR count). The molecule has 1 amide bonds. The fourth-order valence-corrected chi connectivity index (χ4v) is 3.47. The minimum absolute atomic E-state index is 0.0178. The third-order valence-electron chi connectivity index (χ3n) is 3.90. The fourth-order valence-electron chi connectivity index (χ4n) is 2.77. The van der Waals surface area contributed by atoms with Crippen LogP contribution in [0.3, 0.4) is 0 Å². The molecule has 1 N–H and O–H groups in total. The molecule has 2 aromatic rings. The SMILES string of the molecule is COCC(=O)N1CC[C@@H](c2nc(C)cc(Nc3nc(C)cs3)n2)C1. The van der Waals surface area contributed by atoms with Gasteiger partial charge in [0.25, 0.3) is 0 Å². The maximum absolute atomic E-state index is 11.9. The van der Waals surface area contributed by atoms with Crippen LogP contribution in [0.4, 0.5) is 10.9 Å². The lowest BCUT2D eigenvalue weighted by atomic mass is 10.1. The zero-order valence-corrected chi connectivity index (χ0v) is 14.9. The first-order valence-electron chi connectivity index (χ1n) is 7.86. The third-order valence-corrected chi connectivity index (χ3v) is 4.78. The lowest BCUT2D eigenvalue weighted by molar-refractivity contribution is -0.134. The van der Waals surface area contributed by atoms with Crippen molar-refractivity contribution < 1.29 is 9.53 Å². The predicted molar refractivity (Wildman–Crippen MR) is 92.7 cm³/mol. The zero-order chi connectivity index (χ0) is 17.1. The van der Waals surface area contributed by atoms with Crippen LogP contribution in [0.15, 0.2) is 11.4 Å². The van der Waals surface area contributed by atoms with E-state index in [0.717, 1.165) is 41.1 Å². The predicted octanol–water partition coefficient (Wildman–Crippen LogP) is 2.26. The summed E-state index contributed by atoms with van der Waals surface area (Å²) in [7, 11) is 1.54. The second-order valence-corrected chi connectivity index (χ2v) is 6.79. The molecule has 128 valence electrons. The molecule has 1 atom stereocenters. The normalized spacial score (nSPS) is 17.3. The van der Waals surface area contributed by atoms with Gasteiger partial charge in [0.15, 0.2) is 5.13 Å². The van der Waals surface area contributed by atoms with Crippen LogP contribution in [0, 0.1) is 13.8 Å². The number of aromatic nitrogens is 3. The van der Waals surface area contributed by atoms with Crippen molar-refractivity contribution in [1.82, 2.24) is 19.9 Å². The number of amides is 1. The Kier molecular flexibility index (Phi) is 5.06. The van der Waals surface area contributed by atoms with Gasteiger partial charge in [-0.3, -0.25) is 4.79 Å². The second-order valence-electron chi connectivity index (χ2n) is 5.93. The van der Waals surface area contributed by atoms with E-state index in [2.05, 4.69) is 20.3 Å². The topological polar surface area (TPSA) is 80.2 Å². The molecule has 1 fully saturated rings. The molecule has 2 aromatic heterocycles. The van der Waals surface area contributed by atoms with Crippen molar-refractivity contribution in [3.8, 4) is 0 Å². The van der Waals surface area contributed by atoms with Gasteiger partial charge in [0.05, 0.1) is 5.69 Å². The average molecular weight is 347 g/mol. The molecule has 1 saturated heterocycles. The first-order chi connectivity index (χ1) is 11.5. The summed E-state index contributed by atoms with van der Waals surface area (Å²) in [6.45, 7) is 5.40. The van der Waals surface area contributed by atoms with E-state index in [1.165, 1.54) is 7.11 Å². The van der Waals surface area contributed by atoms with Gasteiger partial charge in [-0.05, 0) is 20.3 Å². The molecule has 0 unspecified atom stereocenters. The first-order valence-corrected chi connectivity index (χ1v) is 8.74. The number of methoxy groups -OCH3 is 1. The molecule has 3 heterocycles. The van der Waals surface area contributed by atoms with E-state index in [-0.39, 0.29) is 18.4 Å². The molecule has 0 aliphatic carbocycles. The number of thiazole rings is 1. The Balaban J connectivity index is 1.73. The summed E-state index contributed by atoms with van der Waals surface area (Å²) in [5, 5.41) is 6.05. The number of carbonyl (C=O) groups is 1. The van der Waals surface area contributed by atoms with E-state index in [0.29, 0.717) is 6.54 Å². The molecule has 1 aliphatic heterocycles. The second kappa shape index (κ2) is 7.23. The number of carbonyl (C=O) groups excluding carboxylic acids is 1. The van der Waals surface area contributed by atoms with Gasteiger partial charge in [0, 0.05) is 43.3 Å². The van der Waals surface area contributed by atoms with Gasteiger partial charge < -0.3 is 15.0 Å². The summed E-state index contributed by atoms with van der Waals surface area (Å²) in [6, 6.07) is 1.91. The molecule has 0 saturated carbocycles. The van der Waals surface area contributed by atoms with Crippen LogP contribution < -0.4 is 5.32 Å². The number of ether oxygens (including phenoxy) is 1. The molecule has 24 heavy (non-hydrogen) atoms. The molecular formula is C16H21N5O2S. The Morgan fingerprint density at radius 1 is 1.38 bits per heavy atom. The van der Waals surface area contributed by atoms with Gasteiger partial charge in [-0.25, -0.2) is 15.0 Å². The molecule has 0 bridgehead atoms. The van der Waals surface area contributed by atoms with Crippen molar-refractivity contribution in [3.63, 3.8) is 0 Å². The molecule has 0 spiro atoms. The van der Waals surface area contributed by atoms with Gasteiger partial charge in [-0.1, -0.05) is 0 Å². The van der Waals surface area contributed by atoms with Crippen molar-refractivity contribution in [2.45, 2.75) is 26.2 Å². The van der Waals surface area contributed by atoms with Gasteiger partial charge in [-0.2, -0.15) is 0 Å². The number of hydrogen-bond donors (Lipinski definition) is 1. The first kappa shape index (κ1) is 16.8. The minimum Gasteiger partial charge on any atom is -0.375 e. The molecular weight excluding hydrogens is 326 g/mol. The number of anilines is 2. The van der Waals surface area contributed by atoms with E-state index >= 15 is 0 Å². The number of aryl methyl sites for hydroxylation is 2. The van der Waals surface area contributed by atoms with Crippen molar-refractivity contribution >= 4 is 28.2 Å². The highest BCUT2D eigenvalue weighted by molar-refractivity contribution is 7.13. The monoisotopic (exact) mass is 347 g/mol. The van der Waals surface area contributed by atoms with E-state index in [1.807, 2.05) is 30.2 Å². The minimum atomic E-state index is 0.0178.